The summed E-state index contributed by atoms with van der Waals surface area (Å²) in [5.41, 5.74) is -0.960. The van der Waals surface area contributed by atoms with Gasteiger partial charge in [0.15, 0.2) is 0 Å². The largest absolute Gasteiger partial charge is 0.396 e. The predicted octanol–water partition coefficient (Wildman–Crippen LogP) is 1.41. The third kappa shape index (κ3) is 1.41. The summed E-state index contributed by atoms with van der Waals surface area (Å²) >= 11 is 0. The molecule has 0 radical (unpaired) electrons. The molecule has 0 heterocycles. The van der Waals surface area contributed by atoms with Crippen LogP contribution >= 0.6 is 0 Å². The molecule has 0 aromatic carbocycles. The average molecular weight is 254 g/mol. The van der Waals surface area contributed by atoms with Crippen molar-refractivity contribution in [3.05, 3.63) is 0 Å². The quantitative estimate of drug-likeness (QED) is 0.663. The predicted molar refractivity (Wildman–Crippen MR) is 68.8 cm³/mol. The lowest BCUT2D eigenvalue weighted by atomic mass is 9.73. The minimum absolute atomic E-state index is 0.0149. The van der Waals surface area contributed by atoms with Crippen molar-refractivity contribution in [1.29, 1.82) is 0 Å². The van der Waals surface area contributed by atoms with Crippen molar-refractivity contribution < 1.29 is 15.3 Å². The smallest absolute Gasteiger partial charge is 0.0908 e. The van der Waals surface area contributed by atoms with Crippen LogP contribution in [0.3, 0.4) is 0 Å². The summed E-state index contributed by atoms with van der Waals surface area (Å²) < 4.78 is 0. The first-order valence-electron chi connectivity index (χ1n) is 7.35. The molecule has 3 saturated carbocycles. The Hall–Kier alpha value is -0.120. The molecule has 8 atom stereocenters. The van der Waals surface area contributed by atoms with Crippen molar-refractivity contribution in [2.45, 2.75) is 51.7 Å². The number of aliphatic hydroxyl groups is 3. The molecule has 3 heteroatoms. The van der Waals surface area contributed by atoms with Crippen molar-refractivity contribution in [2.75, 3.05) is 6.61 Å². The van der Waals surface area contributed by atoms with E-state index >= 15 is 0 Å². The Morgan fingerprint density at radius 3 is 2.44 bits per heavy atom. The Morgan fingerprint density at radius 2 is 1.83 bits per heavy atom. The van der Waals surface area contributed by atoms with E-state index in [2.05, 4.69) is 13.8 Å². The van der Waals surface area contributed by atoms with E-state index in [-0.39, 0.29) is 17.9 Å². The molecule has 3 nitrogen and oxygen atoms in total. The second-order valence-corrected chi connectivity index (χ2v) is 7.51. The van der Waals surface area contributed by atoms with Crippen molar-refractivity contribution in [2.24, 2.45) is 35.0 Å². The summed E-state index contributed by atoms with van der Waals surface area (Å²) in [6.07, 6.45) is 2.16. The Bertz CT molecular complexity index is 354. The van der Waals surface area contributed by atoms with Gasteiger partial charge in [0.2, 0.25) is 0 Å². The van der Waals surface area contributed by atoms with Gasteiger partial charge in [0.25, 0.3) is 0 Å². The highest BCUT2D eigenvalue weighted by atomic mass is 16.3. The second-order valence-electron chi connectivity index (χ2n) is 7.51. The van der Waals surface area contributed by atoms with E-state index in [0.29, 0.717) is 30.1 Å². The summed E-state index contributed by atoms with van der Waals surface area (Å²) in [6, 6.07) is 0. The molecule has 0 saturated heterocycles. The standard InChI is InChI=1S/C15H26O3/c1-8-4-5-9-12(8)13-10(14(13,2)7-16)6-11(17)15(9,3)18/h8-13,16-18H,4-7H2,1-3H3/t8-,9-,10-,11+,12-,13-,14+,15+/m1/s1. The van der Waals surface area contributed by atoms with Crippen LogP contribution in [0.4, 0.5) is 0 Å². The first kappa shape index (κ1) is 12.9. The Kier molecular flexibility index (Phi) is 2.66. The summed E-state index contributed by atoms with van der Waals surface area (Å²) in [5.74, 6) is 2.16. The van der Waals surface area contributed by atoms with Gasteiger partial charge < -0.3 is 15.3 Å². The summed E-state index contributed by atoms with van der Waals surface area (Å²) in [5, 5.41) is 30.7. The third-order valence-electron chi connectivity index (χ3n) is 6.65. The zero-order chi connectivity index (χ0) is 13.3. The molecule has 3 aliphatic carbocycles. The molecular weight excluding hydrogens is 228 g/mol. The van der Waals surface area contributed by atoms with Crippen LogP contribution in [0.1, 0.15) is 40.0 Å². The van der Waals surface area contributed by atoms with Crippen LogP contribution in [0, 0.1) is 35.0 Å². The van der Waals surface area contributed by atoms with Crippen LogP contribution in [-0.4, -0.2) is 33.6 Å². The second kappa shape index (κ2) is 3.71. The van der Waals surface area contributed by atoms with E-state index in [1.807, 2.05) is 6.92 Å². The van der Waals surface area contributed by atoms with Gasteiger partial charge in [0.05, 0.1) is 11.7 Å². The van der Waals surface area contributed by atoms with Crippen molar-refractivity contribution in [1.82, 2.24) is 0 Å². The maximum absolute atomic E-state index is 10.7. The maximum atomic E-state index is 10.7. The van der Waals surface area contributed by atoms with E-state index < -0.39 is 11.7 Å². The molecule has 0 aliphatic heterocycles. The normalized spacial score (nSPS) is 63.0. The molecule has 3 rings (SSSR count). The highest BCUT2D eigenvalue weighted by Crippen LogP contribution is 2.71. The molecule has 0 amide bonds. The molecule has 0 aromatic rings. The minimum Gasteiger partial charge on any atom is -0.396 e. The van der Waals surface area contributed by atoms with Crippen LogP contribution in [0.15, 0.2) is 0 Å². The monoisotopic (exact) mass is 254 g/mol. The molecule has 104 valence electrons. The van der Waals surface area contributed by atoms with Crippen molar-refractivity contribution >= 4 is 0 Å². The van der Waals surface area contributed by atoms with Gasteiger partial charge in [-0.1, -0.05) is 20.3 Å². The fraction of sp³-hybridized carbons (Fsp3) is 1.00. The molecule has 0 bridgehead atoms. The van der Waals surface area contributed by atoms with Gasteiger partial charge in [-0.3, -0.25) is 0 Å². The van der Waals surface area contributed by atoms with Crippen LogP contribution in [0.5, 0.6) is 0 Å². The third-order valence-corrected chi connectivity index (χ3v) is 6.65. The van der Waals surface area contributed by atoms with Crippen LogP contribution in [-0.2, 0) is 0 Å². The highest BCUT2D eigenvalue weighted by molar-refractivity contribution is 5.18. The minimum atomic E-state index is -0.945. The zero-order valence-corrected chi connectivity index (χ0v) is 11.6. The van der Waals surface area contributed by atoms with E-state index in [1.165, 1.54) is 0 Å². The van der Waals surface area contributed by atoms with Crippen LogP contribution in [0.25, 0.3) is 0 Å². The van der Waals surface area contributed by atoms with Gasteiger partial charge in [-0.2, -0.15) is 0 Å². The van der Waals surface area contributed by atoms with Crippen LogP contribution < -0.4 is 0 Å². The van der Waals surface area contributed by atoms with Gasteiger partial charge in [0, 0.05) is 6.61 Å². The van der Waals surface area contributed by atoms with Crippen LogP contribution in [0.2, 0.25) is 0 Å². The molecule has 0 aromatic heterocycles. The fourth-order valence-corrected chi connectivity index (χ4v) is 5.28. The van der Waals surface area contributed by atoms with E-state index in [1.54, 1.807) is 0 Å². The maximum Gasteiger partial charge on any atom is 0.0908 e. The van der Waals surface area contributed by atoms with Gasteiger partial charge >= 0.3 is 0 Å². The number of aliphatic hydroxyl groups excluding tert-OH is 2. The first-order valence-corrected chi connectivity index (χ1v) is 7.35. The molecule has 3 fully saturated rings. The Morgan fingerprint density at radius 1 is 1.17 bits per heavy atom. The number of hydrogen-bond acceptors (Lipinski definition) is 3. The van der Waals surface area contributed by atoms with Crippen molar-refractivity contribution in [3.63, 3.8) is 0 Å². The van der Waals surface area contributed by atoms with Gasteiger partial charge in [-0.15, -0.1) is 0 Å². The van der Waals surface area contributed by atoms with E-state index in [4.69, 9.17) is 0 Å². The SMILES string of the molecule is C[C@@H]1CC[C@@H]2[C@@H]1[C@H]1[C@@H](C[C@H](O)[C@@]2(C)O)[C@]1(C)CO. The number of rotatable bonds is 1. The zero-order valence-electron chi connectivity index (χ0n) is 11.6. The highest BCUT2D eigenvalue weighted by Gasteiger charge is 2.70. The summed E-state index contributed by atoms with van der Waals surface area (Å²) in [6.45, 7) is 6.45. The fourth-order valence-electron chi connectivity index (χ4n) is 5.28. The molecule has 3 aliphatic rings. The van der Waals surface area contributed by atoms with E-state index in [9.17, 15) is 15.3 Å². The Balaban J connectivity index is 1.97. The summed E-state index contributed by atoms with van der Waals surface area (Å²) in [7, 11) is 0. The van der Waals surface area contributed by atoms with E-state index in [0.717, 1.165) is 12.8 Å². The average Bonchev–Trinajstić information content (AvgIpc) is 2.71. The topological polar surface area (TPSA) is 60.7 Å². The van der Waals surface area contributed by atoms with Gasteiger partial charge in [-0.25, -0.2) is 0 Å². The molecular formula is C15H26O3. The lowest BCUT2D eigenvalue weighted by molar-refractivity contribution is -0.114. The first-order chi connectivity index (χ1) is 8.34. The molecule has 3 N–H and O–H groups in total. The molecule has 0 spiro atoms. The number of hydrogen-bond donors (Lipinski definition) is 3. The summed E-state index contributed by atoms with van der Waals surface area (Å²) in [4.78, 5) is 0. The molecule has 0 unspecified atom stereocenters. The number of fused-ring (bicyclic) bond motifs is 3. The molecule has 18 heavy (non-hydrogen) atoms. The van der Waals surface area contributed by atoms with Crippen molar-refractivity contribution in [3.8, 4) is 0 Å². The lowest BCUT2D eigenvalue weighted by Crippen LogP contribution is -2.48. The van der Waals surface area contributed by atoms with Gasteiger partial charge in [0.1, 0.15) is 0 Å². The Labute approximate surface area is 109 Å². The lowest BCUT2D eigenvalue weighted by Gasteiger charge is -2.38. The van der Waals surface area contributed by atoms with Gasteiger partial charge in [-0.05, 0) is 54.8 Å².